The molecule has 0 radical (unpaired) electrons. The molecule has 0 fully saturated rings. The first-order valence-electron chi connectivity index (χ1n) is 18.3. The van der Waals surface area contributed by atoms with E-state index < -0.39 is 5.41 Å². The number of aromatic nitrogens is 2. The van der Waals surface area contributed by atoms with E-state index in [1.165, 1.54) is 60.8 Å². The van der Waals surface area contributed by atoms with Crippen LogP contribution in [0, 0.1) is 0 Å². The Balaban J connectivity index is 1.20. The first kappa shape index (κ1) is 29.8. The van der Waals surface area contributed by atoms with E-state index in [0.717, 1.165) is 39.5 Å². The minimum atomic E-state index is -0.435. The lowest BCUT2D eigenvalue weighted by Crippen LogP contribution is -2.25. The lowest BCUT2D eigenvalue weighted by atomic mass is 9.70. The van der Waals surface area contributed by atoms with Crippen LogP contribution in [0.3, 0.4) is 0 Å². The molecule has 0 amide bonds. The Hall–Kier alpha value is -6.90. The molecule has 9 aromatic rings. The van der Waals surface area contributed by atoms with Crippen LogP contribution in [-0.2, 0) is 5.41 Å². The van der Waals surface area contributed by atoms with Gasteiger partial charge < -0.3 is 0 Å². The van der Waals surface area contributed by atoms with Crippen molar-refractivity contribution in [1.29, 1.82) is 0 Å². The lowest BCUT2D eigenvalue weighted by molar-refractivity contribution is 0.794. The molecular weight excluding hydrogens is 641 g/mol. The Kier molecular flexibility index (Phi) is 6.50. The molecule has 2 aliphatic rings. The number of fused-ring (bicyclic) bond motifs is 11. The average molecular weight is 673 g/mol. The van der Waals surface area contributed by atoms with Gasteiger partial charge >= 0.3 is 0 Å². The summed E-state index contributed by atoms with van der Waals surface area (Å²) in [4.78, 5) is 10.9. The highest BCUT2D eigenvalue weighted by Gasteiger charge is 2.52. The van der Waals surface area contributed by atoms with Crippen LogP contribution in [0.1, 0.15) is 22.3 Å². The van der Waals surface area contributed by atoms with Crippen molar-refractivity contribution in [3.8, 4) is 67.3 Å². The molecule has 1 heterocycles. The van der Waals surface area contributed by atoms with Gasteiger partial charge in [0.2, 0.25) is 0 Å². The minimum absolute atomic E-state index is 0.435. The van der Waals surface area contributed by atoms with Gasteiger partial charge in [0.1, 0.15) is 0 Å². The van der Waals surface area contributed by atoms with E-state index in [2.05, 4.69) is 194 Å². The molecule has 8 aromatic carbocycles. The monoisotopic (exact) mass is 672 g/mol. The van der Waals surface area contributed by atoms with Gasteiger partial charge in [-0.15, -0.1) is 0 Å². The van der Waals surface area contributed by atoms with Crippen LogP contribution in [-0.4, -0.2) is 9.97 Å². The van der Waals surface area contributed by atoms with E-state index in [9.17, 15) is 0 Å². The van der Waals surface area contributed by atoms with Gasteiger partial charge in [0.15, 0.2) is 5.82 Å². The summed E-state index contributed by atoms with van der Waals surface area (Å²) >= 11 is 0. The van der Waals surface area contributed by atoms with Gasteiger partial charge in [-0.1, -0.05) is 182 Å². The normalized spacial score (nSPS) is 13.1. The van der Waals surface area contributed by atoms with Gasteiger partial charge in [0, 0.05) is 16.7 Å². The molecule has 0 saturated carbocycles. The summed E-state index contributed by atoms with van der Waals surface area (Å²) in [5.41, 5.74) is 17.2. The van der Waals surface area contributed by atoms with Gasteiger partial charge in [-0.2, -0.15) is 0 Å². The van der Waals surface area contributed by atoms with Gasteiger partial charge in [0.05, 0.1) is 16.8 Å². The molecule has 2 aliphatic carbocycles. The third-order valence-corrected chi connectivity index (χ3v) is 11.3. The quantitative estimate of drug-likeness (QED) is 0.186. The molecular formula is C51H32N2. The first-order chi connectivity index (χ1) is 26.3. The number of benzene rings is 8. The van der Waals surface area contributed by atoms with Crippen molar-refractivity contribution >= 4 is 10.8 Å². The number of hydrogen-bond acceptors (Lipinski definition) is 2. The number of rotatable bonds is 4. The summed E-state index contributed by atoms with van der Waals surface area (Å²) in [7, 11) is 0. The third-order valence-electron chi connectivity index (χ3n) is 11.3. The average Bonchev–Trinajstić information content (AvgIpc) is 3.71. The number of hydrogen-bond donors (Lipinski definition) is 0. The summed E-state index contributed by atoms with van der Waals surface area (Å²) in [6.45, 7) is 0. The smallest absolute Gasteiger partial charge is 0.161 e. The second kappa shape index (κ2) is 11.6. The van der Waals surface area contributed by atoms with Crippen LogP contribution in [0.5, 0.6) is 0 Å². The Labute approximate surface area is 308 Å². The van der Waals surface area contributed by atoms with Crippen molar-refractivity contribution in [2.75, 3.05) is 0 Å². The Bertz CT molecular complexity index is 2850. The summed E-state index contributed by atoms with van der Waals surface area (Å²) in [6, 6.07) is 70.1. The fourth-order valence-corrected chi connectivity index (χ4v) is 9.12. The van der Waals surface area contributed by atoms with Gasteiger partial charge in [-0.3, -0.25) is 0 Å². The SMILES string of the molecule is c1ccc(-c2cccc(-c3cc(-c4cccc5ccccc45)nc(-c4cccc5c4-c4ccccc4C54c5ccccc5-c5ccccc54)n3)c2)cc1. The highest BCUT2D eigenvalue weighted by atomic mass is 14.9. The van der Waals surface area contributed by atoms with Crippen LogP contribution in [0.2, 0.25) is 0 Å². The van der Waals surface area contributed by atoms with Crippen molar-refractivity contribution in [3.63, 3.8) is 0 Å². The zero-order chi connectivity index (χ0) is 34.9. The molecule has 1 spiro atoms. The van der Waals surface area contributed by atoms with Crippen molar-refractivity contribution in [2.24, 2.45) is 0 Å². The van der Waals surface area contributed by atoms with E-state index >= 15 is 0 Å². The zero-order valence-corrected chi connectivity index (χ0v) is 28.9. The first-order valence-corrected chi connectivity index (χ1v) is 18.3. The van der Waals surface area contributed by atoms with Crippen molar-refractivity contribution in [2.45, 2.75) is 5.41 Å². The third kappa shape index (κ3) is 4.33. The van der Waals surface area contributed by atoms with Crippen molar-refractivity contribution < 1.29 is 0 Å². The molecule has 2 heteroatoms. The van der Waals surface area contributed by atoms with Crippen LogP contribution in [0.4, 0.5) is 0 Å². The largest absolute Gasteiger partial charge is 0.228 e. The molecule has 0 atom stereocenters. The highest BCUT2D eigenvalue weighted by Crippen LogP contribution is 2.63. The molecule has 0 saturated heterocycles. The van der Waals surface area contributed by atoms with Crippen LogP contribution in [0.25, 0.3) is 78.1 Å². The molecule has 246 valence electrons. The summed E-state index contributed by atoms with van der Waals surface area (Å²) < 4.78 is 0. The van der Waals surface area contributed by atoms with E-state index in [-0.39, 0.29) is 0 Å². The zero-order valence-electron chi connectivity index (χ0n) is 28.9. The predicted molar refractivity (Wildman–Crippen MR) is 218 cm³/mol. The van der Waals surface area contributed by atoms with E-state index in [4.69, 9.17) is 9.97 Å². The second-order valence-electron chi connectivity index (χ2n) is 14.1. The Morgan fingerprint density at radius 2 is 0.830 bits per heavy atom. The molecule has 2 nitrogen and oxygen atoms in total. The summed E-state index contributed by atoms with van der Waals surface area (Å²) in [5.74, 6) is 0.721. The Morgan fingerprint density at radius 1 is 0.321 bits per heavy atom. The summed E-state index contributed by atoms with van der Waals surface area (Å²) in [5, 5.41) is 2.36. The van der Waals surface area contributed by atoms with Crippen molar-refractivity contribution in [1.82, 2.24) is 9.97 Å². The minimum Gasteiger partial charge on any atom is -0.228 e. The van der Waals surface area contributed by atoms with E-state index in [0.29, 0.717) is 0 Å². The topological polar surface area (TPSA) is 25.8 Å². The lowest BCUT2D eigenvalue weighted by Gasteiger charge is -2.30. The molecule has 0 unspecified atom stereocenters. The highest BCUT2D eigenvalue weighted by molar-refractivity contribution is 6.00. The molecule has 0 bridgehead atoms. The molecule has 1 aromatic heterocycles. The van der Waals surface area contributed by atoms with E-state index in [1.807, 2.05) is 0 Å². The van der Waals surface area contributed by atoms with Crippen LogP contribution >= 0.6 is 0 Å². The molecule has 0 aliphatic heterocycles. The van der Waals surface area contributed by atoms with Gasteiger partial charge in [-0.25, -0.2) is 9.97 Å². The summed E-state index contributed by atoms with van der Waals surface area (Å²) in [6.07, 6.45) is 0. The maximum Gasteiger partial charge on any atom is 0.161 e. The van der Waals surface area contributed by atoms with Gasteiger partial charge in [0.25, 0.3) is 0 Å². The maximum atomic E-state index is 5.47. The van der Waals surface area contributed by atoms with Gasteiger partial charge in [-0.05, 0) is 78.5 Å². The van der Waals surface area contributed by atoms with Crippen LogP contribution < -0.4 is 0 Å². The Morgan fingerprint density at radius 3 is 1.62 bits per heavy atom. The van der Waals surface area contributed by atoms with E-state index in [1.54, 1.807) is 0 Å². The van der Waals surface area contributed by atoms with Crippen molar-refractivity contribution in [3.05, 3.63) is 216 Å². The number of nitrogens with zero attached hydrogens (tertiary/aromatic N) is 2. The predicted octanol–water partition coefficient (Wildman–Crippen LogP) is 12.6. The fraction of sp³-hybridized carbons (Fsp3) is 0.0196. The molecule has 0 N–H and O–H groups in total. The fourth-order valence-electron chi connectivity index (χ4n) is 9.12. The molecule has 53 heavy (non-hydrogen) atoms. The second-order valence-corrected chi connectivity index (χ2v) is 14.1. The molecule has 11 rings (SSSR count). The maximum absolute atomic E-state index is 5.47. The standard InChI is InChI=1S/C51H32N2/c1-2-15-33(16-3-1)35-19-12-20-36(31-35)47-32-48(40-25-13-18-34-17-4-5-21-37(34)40)53-50(52-47)42-26-14-30-46-49(42)41-24-8-11-29-45(41)51(46)43-27-9-6-22-38(43)39-23-7-10-28-44(39)51/h1-32H. The van der Waals surface area contributed by atoms with Crippen LogP contribution in [0.15, 0.2) is 194 Å².